The van der Waals surface area contributed by atoms with Crippen LogP contribution in [-0.2, 0) is 32.6 Å². The van der Waals surface area contributed by atoms with Gasteiger partial charge in [0.2, 0.25) is 11.8 Å². The molecule has 0 bridgehead atoms. The number of halogens is 2. The third-order valence-corrected chi connectivity index (χ3v) is 9.38. The topological polar surface area (TPSA) is 96.0 Å². The molecule has 4 rings (SSSR count). The van der Waals surface area contributed by atoms with E-state index >= 15 is 0 Å². The Morgan fingerprint density at radius 1 is 0.844 bits per heavy atom. The SMILES string of the molecule is CCCNC(=O)C(Cc1ccccc1)N(Cc1ccc(Cl)cc1)C(=O)CN(c1cccc(Cl)c1)S(=O)(=O)c1ccc(OC)cc1. The van der Waals surface area contributed by atoms with Gasteiger partial charge in [-0.2, -0.15) is 0 Å². The lowest BCUT2D eigenvalue weighted by molar-refractivity contribution is -0.140. The number of benzene rings is 4. The van der Waals surface area contributed by atoms with Crippen molar-refractivity contribution in [1.82, 2.24) is 10.2 Å². The Bertz CT molecular complexity index is 1690. The second kappa shape index (κ2) is 15.8. The number of anilines is 1. The number of nitrogens with one attached hydrogen (secondary N) is 1. The average Bonchev–Trinajstić information content (AvgIpc) is 3.05. The highest BCUT2D eigenvalue weighted by atomic mass is 35.5. The van der Waals surface area contributed by atoms with Gasteiger partial charge in [-0.05, 0) is 72.1 Å². The number of ether oxygens (including phenoxy) is 1. The Morgan fingerprint density at radius 3 is 2.16 bits per heavy atom. The third-order valence-electron chi connectivity index (χ3n) is 7.11. The summed E-state index contributed by atoms with van der Waals surface area (Å²) in [5.41, 5.74) is 1.77. The van der Waals surface area contributed by atoms with E-state index in [-0.39, 0.29) is 29.5 Å². The molecule has 0 aromatic heterocycles. The molecule has 0 spiro atoms. The Labute approximate surface area is 274 Å². The van der Waals surface area contributed by atoms with Crippen molar-refractivity contribution in [2.45, 2.75) is 37.2 Å². The molecule has 8 nitrogen and oxygen atoms in total. The summed E-state index contributed by atoms with van der Waals surface area (Å²) in [6, 6.07) is 27.6. The van der Waals surface area contributed by atoms with Gasteiger partial charge in [0.25, 0.3) is 10.0 Å². The number of hydrogen-bond donors (Lipinski definition) is 1. The van der Waals surface area contributed by atoms with Gasteiger partial charge in [-0.1, -0.05) is 78.7 Å². The van der Waals surface area contributed by atoms with Gasteiger partial charge in [-0.15, -0.1) is 0 Å². The van der Waals surface area contributed by atoms with Crippen LogP contribution in [0, 0.1) is 0 Å². The van der Waals surface area contributed by atoms with Gasteiger partial charge >= 0.3 is 0 Å². The van der Waals surface area contributed by atoms with Crippen molar-refractivity contribution in [3.05, 3.63) is 124 Å². The Balaban J connectivity index is 1.79. The van der Waals surface area contributed by atoms with Crippen LogP contribution in [0.15, 0.2) is 108 Å². The third kappa shape index (κ3) is 9.00. The standard InChI is InChI=1S/C34H35Cl2N3O5S/c1-3-20-37-34(41)32(21-25-8-5-4-6-9-25)38(23-26-12-14-27(35)15-13-26)33(40)24-39(29-11-7-10-28(36)22-29)45(42,43)31-18-16-30(44-2)17-19-31/h4-19,22,32H,3,20-21,23-24H2,1-2H3,(H,37,41). The summed E-state index contributed by atoms with van der Waals surface area (Å²) in [7, 11) is -2.78. The second-order valence-corrected chi connectivity index (χ2v) is 13.0. The van der Waals surface area contributed by atoms with Crippen LogP contribution in [0.2, 0.25) is 10.0 Å². The van der Waals surface area contributed by atoms with Crippen molar-refractivity contribution in [3.63, 3.8) is 0 Å². The van der Waals surface area contributed by atoms with E-state index in [4.69, 9.17) is 27.9 Å². The molecular weight excluding hydrogens is 633 g/mol. The predicted molar refractivity (Wildman–Crippen MR) is 178 cm³/mol. The minimum atomic E-state index is -4.27. The molecule has 45 heavy (non-hydrogen) atoms. The number of amides is 2. The van der Waals surface area contributed by atoms with E-state index in [0.29, 0.717) is 28.8 Å². The molecule has 0 aliphatic carbocycles. The molecule has 1 N–H and O–H groups in total. The van der Waals surface area contributed by atoms with E-state index < -0.39 is 28.5 Å². The lowest BCUT2D eigenvalue weighted by Crippen LogP contribution is -2.53. The van der Waals surface area contributed by atoms with Gasteiger partial charge in [-0.3, -0.25) is 13.9 Å². The van der Waals surface area contributed by atoms with E-state index in [0.717, 1.165) is 15.4 Å². The minimum Gasteiger partial charge on any atom is -0.497 e. The Morgan fingerprint density at radius 2 is 1.53 bits per heavy atom. The maximum Gasteiger partial charge on any atom is 0.264 e. The summed E-state index contributed by atoms with van der Waals surface area (Å²) in [6.45, 7) is 1.82. The van der Waals surface area contributed by atoms with Crippen molar-refractivity contribution in [1.29, 1.82) is 0 Å². The molecule has 4 aromatic rings. The monoisotopic (exact) mass is 667 g/mol. The first-order valence-corrected chi connectivity index (χ1v) is 16.6. The fourth-order valence-corrected chi connectivity index (χ4v) is 6.46. The lowest BCUT2D eigenvalue weighted by atomic mass is 10.0. The van der Waals surface area contributed by atoms with Gasteiger partial charge in [0, 0.05) is 29.6 Å². The van der Waals surface area contributed by atoms with Crippen molar-refractivity contribution in [2.24, 2.45) is 0 Å². The minimum absolute atomic E-state index is 0.0400. The Hall–Kier alpha value is -4.05. The van der Waals surface area contributed by atoms with Crippen LogP contribution in [0.3, 0.4) is 0 Å². The number of carbonyl (C=O) groups is 2. The maximum absolute atomic E-state index is 14.4. The van der Waals surface area contributed by atoms with E-state index in [9.17, 15) is 18.0 Å². The molecule has 0 aliphatic rings. The largest absolute Gasteiger partial charge is 0.497 e. The summed E-state index contributed by atoms with van der Waals surface area (Å²) in [5, 5.41) is 3.75. The molecular formula is C34H35Cl2N3O5S. The van der Waals surface area contributed by atoms with Gasteiger partial charge in [0.05, 0.1) is 17.7 Å². The van der Waals surface area contributed by atoms with Gasteiger partial charge in [0.15, 0.2) is 0 Å². The number of nitrogens with zero attached hydrogens (tertiary/aromatic N) is 2. The van der Waals surface area contributed by atoms with Crippen LogP contribution in [0.25, 0.3) is 0 Å². The lowest BCUT2D eigenvalue weighted by Gasteiger charge is -2.34. The zero-order valence-electron chi connectivity index (χ0n) is 25.0. The highest BCUT2D eigenvalue weighted by molar-refractivity contribution is 7.92. The summed E-state index contributed by atoms with van der Waals surface area (Å²) >= 11 is 12.4. The molecule has 0 fully saturated rings. The van der Waals surface area contributed by atoms with Crippen LogP contribution < -0.4 is 14.4 Å². The van der Waals surface area contributed by atoms with Crippen molar-refractivity contribution >= 4 is 50.7 Å². The number of hydrogen-bond acceptors (Lipinski definition) is 5. The highest BCUT2D eigenvalue weighted by Gasteiger charge is 2.34. The zero-order valence-corrected chi connectivity index (χ0v) is 27.4. The smallest absolute Gasteiger partial charge is 0.264 e. The van der Waals surface area contributed by atoms with Crippen LogP contribution in [0.5, 0.6) is 5.75 Å². The Kier molecular flexibility index (Phi) is 11.9. The zero-order chi connectivity index (χ0) is 32.4. The highest BCUT2D eigenvalue weighted by Crippen LogP contribution is 2.28. The molecule has 1 unspecified atom stereocenters. The molecule has 0 saturated carbocycles. The quantitative estimate of drug-likeness (QED) is 0.169. The molecule has 2 amide bonds. The fourth-order valence-electron chi connectivity index (χ4n) is 4.74. The molecule has 0 heterocycles. The summed E-state index contributed by atoms with van der Waals surface area (Å²) < 4.78 is 34.4. The first-order valence-electron chi connectivity index (χ1n) is 14.4. The normalized spacial score (nSPS) is 11.8. The fraction of sp³-hybridized carbons (Fsp3) is 0.235. The predicted octanol–water partition coefficient (Wildman–Crippen LogP) is 6.36. The average molecular weight is 669 g/mol. The first-order chi connectivity index (χ1) is 21.6. The van der Waals surface area contributed by atoms with E-state index in [1.165, 1.54) is 42.3 Å². The number of carbonyl (C=O) groups excluding carboxylic acids is 2. The van der Waals surface area contributed by atoms with Crippen molar-refractivity contribution in [3.8, 4) is 5.75 Å². The molecule has 0 radical (unpaired) electrons. The molecule has 236 valence electrons. The number of rotatable bonds is 14. The van der Waals surface area contributed by atoms with Gasteiger partial charge in [0.1, 0.15) is 18.3 Å². The van der Waals surface area contributed by atoms with Crippen LogP contribution in [0.1, 0.15) is 24.5 Å². The summed E-state index contributed by atoms with van der Waals surface area (Å²) in [4.78, 5) is 29.5. The molecule has 11 heteroatoms. The molecule has 0 saturated heterocycles. The molecule has 4 aromatic carbocycles. The van der Waals surface area contributed by atoms with E-state index in [2.05, 4.69) is 5.32 Å². The molecule has 1 atom stereocenters. The maximum atomic E-state index is 14.4. The van der Waals surface area contributed by atoms with Crippen LogP contribution in [-0.4, -0.2) is 51.4 Å². The number of methoxy groups -OCH3 is 1. The van der Waals surface area contributed by atoms with E-state index in [1.54, 1.807) is 42.5 Å². The summed E-state index contributed by atoms with van der Waals surface area (Å²) in [6.07, 6.45) is 0.926. The van der Waals surface area contributed by atoms with Crippen molar-refractivity contribution in [2.75, 3.05) is 24.5 Å². The van der Waals surface area contributed by atoms with Gasteiger partial charge < -0.3 is 15.0 Å². The summed E-state index contributed by atoms with van der Waals surface area (Å²) in [5.74, 6) is -0.430. The first kappa shape index (κ1) is 33.8. The number of sulfonamides is 1. The van der Waals surface area contributed by atoms with E-state index in [1.807, 2.05) is 37.3 Å². The van der Waals surface area contributed by atoms with Crippen molar-refractivity contribution < 1.29 is 22.7 Å². The second-order valence-electron chi connectivity index (χ2n) is 10.3. The van der Waals surface area contributed by atoms with Gasteiger partial charge in [-0.25, -0.2) is 8.42 Å². The molecule has 0 aliphatic heterocycles. The van der Waals surface area contributed by atoms with Crippen LogP contribution in [0.4, 0.5) is 5.69 Å². The van der Waals surface area contributed by atoms with Crippen LogP contribution >= 0.6 is 23.2 Å².